The summed E-state index contributed by atoms with van der Waals surface area (Å²) in [6.07, 6.45) is 5.76. The molecule has 1 saturated carbocycles. The zero-order valence-electron chi connectivity index (χ0n) is 16.5. The van der Waals surface area contributed by atoms with Gasteiger partial charge >= 0.3 is 0 Å². The Morgan fingerprint density at radius 3 is 2.47 bits per heavy atom. The van der Waals surface area contributed by atoms with Gasteiger partial charge in [0, 0.05) is 38.3 Å². The first-order chi connectivity index (χ1) is 14.5. The van der Waals surface area contributed by atoms with Gasteiger partial charge in [0.15, 0.2) is 0 Å². The Balaban J connectivity index is 1.43. The number of hydrogen-bond donors (Lipinski definition) is 0. The molecule has 2 aliphatic rings. The van der Waals surface area contributed by atoms with Crippen molar-refractivity contribution in [2.45, 2.75) is 25.7 Å². The van der Waals surface area contributed by atoms with Gasteiger partial charge in [-0.2, -0.15) is 0 Å². The van der Waals surface area contributed by atoms with Crippen molar-refractivity contribution >= 4 is 27.7 Å². The van der Waals surface area contributed by atoms with E-state index in [1.807, 2.05) is 4.90 Å². The number of hydrogen-bond acceptors (Lipinski definition) is 4. The zero-order valence-corrected chi connectivity index (χ0v) is 18.1. The molecule has 1 aromatic carbocycles. The van der Waals surface area contributed by atoms with E-state index < -0.39 is 5.82 Å². The number of ether oxygens (including phenoxy) is 1. The lowest BCUT2D eigenvalue weighted by Gasteiger charge is -2.36. The van der Waals surface area contributed by atoms with Gasteiger partial charge in [0.1, 0.15) is 17.1 Å². The topological polar surface area (TPSA) is 62.7 Å². The van der Waals surface area contributed by atoms with Crippen LogP contribution in [0.2, 0.25) is 0 Å². The van der Waals surface area contributed by atoms with Crippen LogP contribution in [0.25, 0.3) is 0 Å². The van der Waals surface area contributed by atoms with Crippen LogP contribution in [0.15, 0.2) is 41.0 Å². The SMILES string of the molecule is O=C(c1cccnc1Oc1ccc(F)cc1Br)N1CCN(C(=O)C2CCCC2)CC1. The minimum atomic E-state index is -0.392. The lowest BCUT2D eigenvalue weighted by molar-refractivity contribution is -0.136. The highest BCUT2D eigenvalue weighted by atomic mass is 79.9. The van der Waals surface area contributed by atoms with Crippen molar-refractivity contribution in [3.63, 3.8) is 0 Å². The largest absolute Gasteiger partial charge is 0.437 e. The number of carbonyl (C=O) groups excluding carboxylic acids is 2. The van der Waals surface area contributed by atoms with Crippen molar-refractivity contribution < 1.29 is 18.7 Å². The monoisotopic (exact) mass is 475 g/mol. The van der Waals surface area contributed by atoms with E-state index in [0.29, 0.717) is 42.0 Å². The van der Waals surface area contributed by atoms with Crippen LogP contribution in [-0.2, 0) is 4.79 Å². The molecule has 1 aliphatic carbocycles. The molecule has 2 aromatic rings. The molecule has 0 unspecified atom stereocenters. The lowest BCUT2D eigenvalue weighted by Crippen LogP contribution is -2.51. The molecule has 1 aliphatic heterocycles. The average molecular weight is 476 g/mol. The van der Waals surface area contributed by atoms with E-state index >= 15 is 0 Å². The molecule has 8 heteroatoms. The molecule has 1 saturated heterocycles. The molecular formula is C22H23BrFN3O3. The molecule has 0 bridgehead atoms. The minimum Gasteiger partial charge on any atom is -0.437 e. The number of aromatic nitrogens is 1. The van der Waals surface area contributed by atoms with Crippen LogP contribution < -0.4 is 4.74 Å². The van der Waals surface area contributed by atoms with E-state index in [-0.39, 0.29) is 23.6 Å². The molecule has 6 nitrogen and oxygen atoms in total. The summed E-state index contributed by atoms with van der Waals surface area (Å²) in [5.74, 6) is 0.335. The van der Waals surface area contributed by atoms with Crippen LogP contribution in [0.1, 0.15) is 36.0 Å². The second-order valence-corrected chi connectivity index (χ2v) is 8.49. The Hall–Kier alpha value is -2.48. The summed E-state index contributed by atoms with van der Waals surface area (Å²) in [5, 5.41) is 0. The van der Waals surface area contributed by atoms with E-state index in [1.54, 1.807) is 23.2 Å². The van der Waals surface area contributed by atoms with Gasteiger partial charge in [-0.15, -0.1) is 0 Å². The molecule has 30 heavy (non-hydrogen) atoms. The Labute approximate surface area is 183 Å². The first-order valence-electron chi connectivity index (χ1n) is 10.2. The summed E-state index contributed by atoms with van der Waals surface area (Å²) in [7, 11) is 0. The predicted molar refractivity (Wildman–Crippen MR) is 113 cm³/mol. The number of nitrogens with zero attached hydrogens (tertiary/aromatic N) is 3. The van der Waals surface area contributed by atoms with E-state index in [2.05, 4.69) is 20.9 Å². The molecular weight excluding hydrogens is 453 g/mol. The summed E-state index contributed by atoms with van der Waals surface area (Å²) in [4.78, 5) is 33.5. The van der Waals surface area contributed by atoms with Crippen molar-refractivity contribution in [3.8, 4) is 11.6 Å². The number of benzene rings is 1. The lowest BCUT2D eigenvalue weighted by atomic mass is 10.1. The van der Waals surface area contributed by atoms with Crippen molar-refractivity contribution in [2.24, 2.45) is 5.92 Å². The second-order valence-electron chi connectivity index (χ2n) is 7.63. The average Bonchev–Trinajstić information content (AvgIpc) is 3.30. The maximum absolute atomic E-state index is 13.3. The minimum absolute atomic E-state index is 0.153. The van der Waals surface area contributed by atoms with Gasteiger partial charge in [0.2, 0.25) is 11.8 Å². The highest BCUT2D eigenvalue weighted by Gasteiger charge is 2.31. The fourth-order valence-electron chi connectivity index (χ4n) is 4.03. The van der Waals surface area contributed by atoms with E-state index in [4.69, 9.17) is 4.74 Å². The smallest absolute Gasteiger partial charge is 0.259 e. The van der Waals surface area contributed by atoms with E-state index in [9.17, 15) is 14.0 Å². The van der Waals surface area contributed by atoms with Gasteiger partial charge in [-0.1, -0.05) is 12.8 Å². The van der Waals surface area contributed by atoms with Crippen LogP contribution in [0.5, 0.6) is 11.6 Å². The van der Waals surface area contributed by atoms with Crippen molar-refractivity contribution in [1.82, 2.24) is 14.8 Å². The molecule has 0 N–H and O–H groups in total. The summed E-state index contributed by atoms with van der Waals surface area (Å²) >= 11 is 3.27. The standard InChI is InChI=1S/C22H23BrFN3O3/c23-18-14-16(24)7-8-19(18)30-20-17(6-3-9-25-20)22(29)27-12-10-26(11-13-27)21(28)15-4-1-2-5-15/h3,6-9,14-15H,1-2,4-5,10-13H2. The van der Waals surface area contributed by atoms with Crippen LogP contribution in [0, 0.1) is 11.7 Å². The summed E-state index contributed by atoms with van der Waals surface area (Å²) in [5.41, 5.74) is 0.337. The normalized spacial score (nSPS) is 17.3. The third-order valence-electron chi connectivity index (χ3n) is 5.69. The first kappa shape index (κ1) is 20.8. The third-order valence-corrected chi connectivity index (χ3v) is 6.30. The van der Waals surface area contributed by atoms with Crippen molar-refractivity contribution in [1.29, 1.82) is 0 Å². The van der Waals surface area contributed by atoms with Gasteiger partial charge < -0.3 is 14.5 Å². The highest BCUT2D eigenvalue weighted by molar-refractivity contribution is 9.10. The second kappa shape index (κ2) is 9.12. The quantitative estimate of drug-likeness (QED) is 0.662. The van der Waals surface area contributed by atoms with Gasteiger partial charge in [-0.25, -0.2) is 9.37 Å². The number of piperazine rings is 1. The van der Waals surface area contributed by atoms with Crippen molar-refractivity contribution in [2.75, 3.05) is 26.2 Å². The Morgan fingerprint density at radius 1 is 1.07 bits per heavy atom. The molecule has 158 valence electrons. The summed E-state index contributed by atoms with van der Waals surface area (Å²) < 4.78 is 19.6. The molecule has 0 spiro atoms. The molecule has 0 radical (unpaired) electrons. The molecule has 2 fully saturated rings. The van der Waals surface area contributed by atoms with Crippen LogP contribution in [-0.4, -0.2) is 52.8 Å². The number of pyridine rings is 1. The molecule has 0 atom stereocenters. The fraction of sp³-hybridized carbons (Fsp3) is 0.409. The number of halogens is 2. The number of amides is 2. The van der Waals surface area contributed by atoms with Crippen LogP contribution in [0.4, 0.5) is 4.39 Å². The molecule has 1 aromatic heterocycles. The predicted octanol–water partition coefficient (Wildman–Crippen LogP) is 4.25. The Kier molecular flexibility index (Phi) is 6.32. The van der Waals surface area contributed by atoms with Gasteiger partial charge in [0.25, 0.3) is 5.91 Å². The fourth-order valence-corrected chi connectivity index (χ4v) is 4.46. The van der Waals surface area contributed by atoms with Gasteiger partial charge in [-0.3, -0.25) is 9.59 Å². The first-order valence-corrected chi connectivity index (χ1v) is 11.0. The van der Waals surface area contributed by atoms with E-state index in [1.165, 1.54) is 18.2 Å². The maximum Gasteiger partial charge on any atom is 0.259 e. The zero-order chi connectivity index (χ0) is 21.1. The van der Waals surface area contributed by atoms with Crippen molar-refractivity contribution in [3.05, 3.63) is 52.4 Å². The Morgan fingerprint density at radius 2 is 1.77 bits per heavy atom. The molecule has 4 rings (SSSR count). The third kappa shape index (κ3) is 4.48. The van der Waals surface area contributed by atoms with Crippen LogP contribution in [0.3, 0.4) is 0 Å². The summed E-state index contributed by atoms with van der Waals surface area (Å²) in [6.45, 7) is 2.04. The molecule has 2 amide bonds. The van der Waals surface area contributed by atoms with Crippen LogP contribution >= 0.6 is 15.9 Å². The highest BCUT2D eigenvalue weighted by Crippen LogP contribution is 2.31. The molecule has 2 heterocycles. The van der Waals surface area contributed by atoms with Gasteiger partial charge in [-0.05, 0) is 59.1 Å². The van der Waals surface area contributed by atoms with E-state index in [0.717, 1.165) is 25.7 Å². The maximum atomic E-state index is 13.3. The van der Waals surface area contributed by atoms with Gasteiger partial charge in [0.05, 0.1) is 4.47 Å². The number of carbonyl (C=O) groups is 2. The number of rotatable bonds is 4. The summed E-state index contributed by atoms with van der Waals surface area (Å²) in [6, 6.07) is 7.40. The Bertz CT molecular complexity index is 941.